The summed E-state index contributed by atoms with van der Waals surface area (Å²) in [5.41, 5.74) is 6.86. The summed E-state index contributed by atoms with van der Waals surface area (Å²) >= 11 is 0. The van der Waals surface area contributed by atoms with Crippen molar-refractivity contribution in [2.75, 3.05) is 35.2 Å². The van der Waals surface area contributed by atoms with Crippen LogP contribution < -0.4 is 21.1 Å². The number of nitrogens with zero attached hydrogens (tertiary/aromatic N) is 4. The van der Waals surface area contributed by atoms with Crippen LogP contribution in [0, 0.1) is 0 Å². The van der Waals surface area contributed by atoms with Gasteiger partial charge in [-0.1, -0.05) is 12.1 Å². The van der Waals surface area contributed by atoms with Crippen molar-refractivity contribution in [1.82, 2.24) is 9.55 Å². The van der Waals surface area contributed by atoms with Gasteiger partial charge in [-0.25, -0.2) is 0 Å². The smallest absolute Gasteiger partial charge is 0.399 e. The monoisotopic (exact) mass is 435 g/mol. The average Bonchev–Trinajstić information content (AvgIpc) is 3.36. The normalized spacial score (nSPS) is 25.2. The van der Waals surface area contributed by atoms with E-state index in [9.17, 15) is 18.0 Å². The van der Waals surface area contributed by atoms with E-state index >= 15 is 0 Å². The van der Waals surface area contributed by atoms with Gasteiger partial charge in [0.15, 0.2) is 0 Å². The first-order chi connectivity index (χ1) is 14.8. The summed E-state index contributed by atoms with van der Waals surface area (Å²) in [5, 5.41) is 0. The first-order valence-corrected chi connectivity index (χ1v) is 10.5. The fraction of sp³-hybridized carbons (Fsp3) is 0.524. The molecule has 2 aromatic rings. The lowest BCUT2D eigenvalue weighted by molar-refractivity contribution is -0.152. The third-order valence-corrected chi connectivity index (χ3v) is 6.43. The zero-order chi connectivity index (χ0) is 21.8. The molecule has 7 nitrogen and oxygen atoms in total. The van der Waals surface area contributed by atoms with Gasteiger partial charge in [0.05, 0.1) is 18.8 Å². The van der Waals surface area contributed by atoms with Crippen LogP contribution in [0.3, 0.4) is 0 Å². The molecule has 0 aliphatic carbocycles. The SMILES string of the molecule is Nc1ccc(CCN2c3nc(N4CC5CC4CO5)cc(=O)n3CCC2C(F)(F)F)cc1. The maximum absolute atomic E-state index is 13.9. The Hall–Kier alpha value is -2.75. The van der Waals surface area contributed by atoms with Gasteiger partial charge in [-0.2, -0.15) is 18.2 Å². The molecule has 0 amide bonds. The van der Waals surface area contributed by atoms with Gasteiger partial charge in [0.2, 0.25) is 5.95 Å². The van der Waals surface area contributed by atoms with Crippen LogP contribution in [0.4, 0.5) is 30.6 Å². The van der Waals surface area contributed by atoms with Crippen molar-refractivity contribution in [3.05, 3.63) is 46.2 Å². The lowest BCUT2D eigenvalue weighted by atomic mass is 10.1. The molecule has 2 fully saturated rings. The third-order valence-electron chi connectivity index (χ3n) is 6.43. The molecule has 2 bridgehead atoms. The molecule has 2 N–H and O–H groups in total. The lowest BCUT2D eigenvalue weighted by Gasteiger charge is -2.39. The van der Waals surface area contributed by atoms with Gasteiger partial charge < -0.3 is 20.3 Å². The third kappa shape index (κ3) is 3.73. The highest BCUT2D eigenvalue weighted by molar-refractivity contribution is 5.49. The average molecular weight is 435 g/mol. The number of benzene rings is 1. The number of nitrogen functional groups attached to an aromatic ring is 1. The first-order valence-electron chi connectivity index (χ1n) is 10.5. The second kappa shape index (κ2) is 7.44. The van der Waals surface area contributed by atoms with Crippen molar-refractivity contribution in [3.63, 3.8) is 0 Å². The second-order valence-electron chi connectivity index (χ2n) is 8.43. The standard InChI is InChI=1S/C21H24F3N5O2/c22-21(23,24)17-6-8-28-19(30)10-18(29-11-16-9-15(29)12-31-16)26-20(28)27(17)7-5-13-1-3-14(25)4-2-13/h1-4,10,15-17H,5-9,11-12,25H2. The molecule has 1 aromatic heterocycles. The molecule has 2 saturated heterocycles. The molecule has 10 heteroatoms. The Bertz CT molecular complexity index is 1020. The van der Waals surface area contributed by atoms with Gasteiger partial charge in [-0.15, -0.1) is 0 Å². The van der Waals surface area contributed by atoms with Crippen LogP contribution in [-0.4, -0.2) is 53.6 Å². The van der Waals surface area contributed by atoms with Crippen molar-refractivity contribution >= 4 is 17.5 Å². The highest BCUT2D eigenvalue weighted by atomic mass is 19.4. The van der Waals surface area contributed by atoms with Crippen LogP contribution in [-0.2, 0) is 17.7 Å². The molecular weight excluding hydrogens is 411 g/mol. The number of rotatable bonds is 4. The Morgan fingerprint density at radius 3 is 2.65 bits per heavy atom. The molecule has 0 saturated carbocycles. The Morgan fingerprint density at radius 2 is 2.00 bits per heavy atom. The Balaban J connectivity index is 1.49. The van der Waals surface area contributed by atoms with Crippen molar-refractivity contribution in [2.45, 2.75) is 50.2 Å². The Labute approximate surface area is 177 Å². The molecule has 0 spiro atoms. The van der Waals surface area contributed by atoms with E-state index in [0.29, 0.717) is 31.1 Å². The summed E-state index contributed by atoms with van der Waals surface area (Å²) in [7, 11) is 0. The van der Waals surface area contributed by atoms with Crippen molar-refractivity contribution in [3.8, 4) is 0 Å². The molecule has 31 heavy (non-hydrogen) atoms. The number of nitrogens with two attached hydrogens (primary N) is 1. The molecule has 3 unspecified atom stereocenters. The first kappa shape index (κ1) is 20.2. The van der Waals surface area contributed by atoms with Gasteiger partial charge in [0.25, 0.3) is 5.56 Å². The fourth-order valence-corrected chi connectivity index (χ4v) is 4.82. The van der Waals surface area contributed by atoms with Gasteiger partial charge >= 0.3 is 6.18 Å². The number of hydrogen-bond acceptors (Lipinski definition) is 6. The van der Waals surface area contributed by atoms with E-state index in [-0.39, 0.29) is 43.2 Å². The van der Waals surface area contributed by atoms with Crippen LogP contribution in [0.1, 0.15) is 18.4 Å². The highest BCUT2D eigenvalue weighted by Crippen LogP contribution is 2.36. The largest absolute Gasteiger partial charge is 0.408 e. The van der Waals surface area contributed by atoms with E-state index in [2.05, 4.69) is 4.98 Å². The number of hydrogen-bond donors (Lipinski definition) is 1. The zero-order valence-electron chi connectivity index (χ0n) is 16.9. The summed E-state index contributed by atoms with van der Waals surface area (Å²) < 4.78 is 48.6. The van der Waals surface area contributed by atoms with E-state index < -0.39 is 12.2 Å². The topological polar surface area (TPSA) is 76.6 Å². The number of ether oxygens (including phenoxy) is 1. The quantitative estimate of drug-likeness (QED) is 0.742. The number of anilines is 3. The van der Waals surface area contributed by atoms with E-state index in [1.165, 1.54) is 15.5 Å². The molecule has 1 aromatic carbocycles. The van der Waals surface area contributed by atoms with Crippen LogP contribution >= 0.6 is 0 Å². The predicted octanol–water partition coefficient (Wildman–Crippen LogP) is 2.19. The van der Waals surface area contributed by atoms with Crippen molar-refractivity contribution < 1.29 is 17.9 Å². The number of aromatic nitrogens is 2. The van der Waals surface area contributed by atoms with Gasteiger partial charge in [0, 0.05) is 31.4 Å². The van der Waals surface area contributed by atoms with Gasteiger partial charge in [0.1, 0.15) is 11.9 Å². The molecule has 4 heterocycles. The minimum Gasteiger partial charge on any atom is -0.399 e. The summed E-state index contributed by atoms with van der Waals surface area (Å²) in [5.74, 6) is 0.530. The lowest BCUT2D eigenvalue weighted by Crippen LogP contribution is -2.53. The van der Waals surface area contributed by atoms with E-state index in [1.807, 2.05) is 4.90 Å². The van der Waals surface area contributed by atoms with Gasteiger partial charge in [-0.3, -0.25) is 9.36 Å². The molecule has 166 valence electrons. The Morgan fingerprint density at radius 1 is 1.23 bits per heavy atom. The number of alkyl halides is 3. The van der Waals surface area contributed by atoms with E-state index in [4.69, 9.17) is 10.5 Å². The molecule has 3 atom stereocenters. The van der Waals surface area contributed by atoms with Crippen molar-refractivity contribution in [1.29, 1.82) is 0 Å². The molecule has 5 rings (SSSR count). The molecule has 3 aliphatic heterocycles. The van der Waals surface area contributed by atoms with E-state index in [0.717, 1.165) is 12.0 Å². The number of halogens is 3. The minimum absolute atomic E-state index is 0.000835. The number of fused-ring (bicyclic) bond motifs is 3. The summed E-state index contributed by atoms with van der Waals surface area (Å²) in [6, 6.07) is 6.94. The minimum atomic E-state index is -4.42. The van der Waals surface area contributed by atoms with Crippen LogP contribution in [0.25, 0.3) is 0 Å². The van der Waals surface area contributed by atoms with Crippen LogP contribution in [0.5, 0.6) is 0 Å². The van der Waals surface area contributed by atoms with Crippen LogP contribution in [0.15, 0.2) is 35.1 Å². The second-order valence-corrected chi connectivity index (χ2v) is 8.43. The Kier molecular flexibility index (Phi) is 4.84. The maximum Gasteiger partial charge on any atom is 0.408 e. The summed E-state index contributed by atoms with van der Waals surface area (Å²) in [4.78, 5) is 20.6. The highest BCUT2D eigenvalue weighted by Gasteiger charge is 2.47. The molecule has 3 aliphatic rings. The zero-order valence-corrected chi connectivity index (χ0v) is 16.9. The number of morpholine rings is 1. The maximum atomic E-state index is 13.9. The predicted molar refractivity (Wildman–Crippen MR) is 110 cm³/mol. The van der Waals surface area contributed by atoms with Crippen LogP contribution in [0.2, 0.25) is 0 Å². The molecular formula is C21H24F3N5O2. The summed E-state index contributed by atoms with van der Waals surface area (Å²) in [6.45, 7) is 1.25. The summed E-state index contributed by atoms with van der Waals surface area (Å²) in [6.07, 6.45) is -3.27. The fourth-order valence-electron chi connectivity index (χ4n) is 4.82. The van der Waals surface area contributed by atoms with Crippen molar-refractivity contribution in [2.24, 2.45) is 0 Å². The van der Waals surface area contributed by atoms with E-state index in [1.54, 1.807) is 24.3 Å². The molecule has 0 radical (unpaired) electrons. The van der Waals surface area contributed by atoms with Gasteiger partial charge in [-0.05, 0) is 37.0 Å².